The first kappa shape index (κ1) is 36.9. The number of hydroxylamine groups is 2. The van der Waals surface area contributed by atoms with Gasteiger partial charge in [-0.05, 0) is 102 Å². The van der Waals surface area contributed by atoms with Crippen LogP contribution in [0, 0.1) is 36.0 Å². The van der Waals surface area contributed by atoms with Gasteiger partial charge in [-0.15, -0.1) is 0 Å². The summed E-state index contributed by atoms with van der Waals surface area (Å²) in [6.45, 7) is 12.2. The van der Waals surface area contributed by atoms with Crippen LogP contribution in [0.15, 0.2) is 60.8 Å². The third kappa shape index (κ3) is 7.42. The molecule has 3 aromatic rings. The Morgan fingerprint density at radius 1 is 1.12 bits per heavy atom. The van der Waals surface area contributed by atoms with Gasteiger partial charge in [0, 0.05) is 63.6 Å². The summed E-state index contributed by atoms with van der Waals surface area (Å²) in [5.41, 5.74) is 6.70. The van der Waals surface area contributed by atoms with Crippen molar-refractivity contribution in [1.82, 2.24) is 26.0 Å². The van der Waals surface area contributed by atoms with Crippen LogP contribution in [0.4, 0.5) is 5.69 Å². The first-order valence-corrected chi connectivity index (χ1v) is 18.5. The zero-order valence-electron chi connectivity index (χ0n) is 31.4. The molecule has 1 saturated heterocycles. The predicted molar refractivity (Wildman–Crippen MR) is 201 cm³/mol. The van der Waals surface area contributed by atoms with E-state index in [2.05, 4.69) is 66.8 Å². The van der Waals surface area contributed by atoms with Crippen molar-refractivity contribution in [1.29, 1.82) is 0 Å². The highest BCUT2D eigenvalue weighted by Gasteiger charge is 2.57. The highest BCUT2D eigenvalue weighted by atomic mass is 16.7. The lowest BCUT2D eigenvalue weighted by atomic mass is 9.45. The van der Waals surface area contributed by atoms with E-state index in [4.69, 9.17) is 4.84 Å². The Kier molecular flexibility index (Phi) is 10.9. The minimum atomic E-state index is -0.784. The second-order valence-electron chi connectivity index (χ2n) is 15.8. The highest BCUT2D eigenvalue weighted by Crippen LogP contribution is 2.61. The molecule has 2 aromatic carbocycles. The highest BCUT2D eigenvalue weighted by molar-refractivity contribution is 5.96. The van der Waals surface area contributed by atoms with Gasteiger partial charge in [0.1, 0.15) is 6.04 Å². The van der Waals surface area contributed by atoms with E-state index >= 15 is 0 Å². The quantitative estimate of drug-likeness (QED) is 0.211. The number of carbonyl (C=O) groups excluding carboxylic acids is 2. The van der Waals surface area contributed by atoms with E-state index in [1.807, 2.05) is 55.4 Å². The van der Waals surface area contributed by atoms with Crippen LogP contribution in [0.5, 0.6) is 0 Å². The number of rotatable bonds is 12. The van der Waals surface area contributed by atoms with Crippen molar-refractivity contribution in [3.63, 3.8) is 0 Å². The van der Waals surface area contributed by atoms with Crippen LogP contribution in [0.2, 0.25) is 0 Å². The average molecular weight is 697 g/mol. The van der Waals surface area contributed by atoms with Crippen molar-refractivity contribution in [3.05, 3.63) is 83.2 Å². The molecule has 51 heavy (non-hydrogen) atoms. The number of carbonyl (C=O) groups is 2. The topological polar surface area (TPSA) is 119 Å². The van der Waals surface area contributed by atoms with Crippen molar-refractivity contribution < 1.29 is 19.5 Å². The molecule has 7 rings (SSSR count). The van der Waals surface area contributed by atoms with Gasteiger partial charge in [-0.25, -0.2) is 0 Å². The lowest BCUT2D eigenvalue weighted by Gasteiger charge is -2.62. The fraction of sp³-hybridized carbons (Fsp3) is 0.537. The van der Waals surface area contributed by atoms with Crippen LogP contribution in [0.1, 0.15) is 67.7 Å². The number of aliphatic hydroxyl groups is 1. The summed E-state index contributed by atoms with van der Waals surface area (Å²) in [6.07, 6.45) is 2.76. The summed E-state index contributed by atoms with van der Waals surface area (Å²) in [6, 6.07) is 17.3. The van der Waals surface area contributed by atoms with Gasteiger partial charge >= 0.3 is 0 Å². The number of benzene rings is 2. The van der Waals surface area contributed by atoms with E-state index in [1.54, 1.807) is 25.2 Å². The standard InChI is InChI=1S/C41H56N6O4/c1-24-27(12-11-14-33(24)28-16-29(39(49)42-6)18-32(17-28)46(7)8)23-47-38(40(50)45-35-20-30-19-34(25(35)2)41(30,4)5)37(26(3)48)36(51-47)22-43-21-31-13-9-10-15-44-31/h9-18,25-26,30,34-38,43,48H,19-23H2,1-8H3,(H,42,49)(H,45,50)/t25-,26-,30+,34-,35-,36-,37+,38-/m0/s1. The van der Waals surface area contributed by atoms with Gasteiger partial charge in [0.15, 0.2) is 0 Å². The molecule has 2 amide bonds. The minimum Gasteiger partial charge on any atom is -0.393 e. The van der Waals surface area contributed by atoms with Crippen LogP contribution in [-0.2, 0) is 22.7 Å². The number of aromatic nitrogens is 1. The molecule has 0 radical (unpaired) electrons. The van der Waals surface area contributed by atoms with E-state index in [1.165, 1.54) is 6.42 Å². The Bertz CT molecular complexity index is 1710. The van der Waals surface area contributed by atoms with Gasteiger partial charge in [0.25, 0.3) is 5.91 Å². The van der Waals surface area contributed by atoms with Crippen LogP contribution >= 0.6 is 0 Å². The van der Waals surface area contributed by atoms with Crippen molar-refractivity contribution in [2.24, 2.45) is 29.1 Å². The molecular weight excluding hydrogens is 640 g/mol. The molecule has 2 bridgehead atoms. The average Bonchev–Trinajstić information content (AvgIpc) is 3.47. The first-order valence-electron chi connectivity index (χ1n) is 18.5. The number of amides is 2. The van der Waals surface area contributed by atoms with Crippen molar-refractivity contribution >= 4 is 17.5 Å². The molecule has 0 unspecified atom stereocenters. The van der Waals surface area contributed by atoms with Crippen molar-refractivity contribution in [2.75, 3.05) is 32.6 Å². The second-order valence-corrected chi connectivity index (χ2v) is 15.8. The lowest BCUT2D eigenvalue weighted by Crippen LogP contribution is -2.62. The Morgan fingerprint density at radius 3 is 2.55 bits per heavy atom. The number of pyridine rings is 1. The van der Waals surface area contributed by atoms with Gasteiger partial charge in [-0.3, -0.25) is 19.4 Å². The first-order chi connectivity index (χ1) is 24.3. The molecule has 10 nitrogen and oxygen atoms in total. The van der Waals surface area contributed by atoms with Crippen LogP contribution < -0.4 is 20.9 Å². The maximum Gasteiger partial charge on any atom is 0.251 e. The zero-order valence-corrected chi connectivity index (χ0v) is 31.4. The molecule has 4 N–H and O–H groups in total. The summed E-state index contributed by atoms with van der Waals surface area (Å²) in [5.74, 6) is 0.883. The zero-order chi connectivity index (χ0) is 36.6. The fourth-order valence-corrected chi connectivity index (χ4v) is 8.98. The summed E-state index contributed by atoms with van der Waals surface area (Å²) < 4.78 is 0. The molecule has 0 spiro atoms. The second kappa shape index (κ2) is 15.0. The number of anilines is 1. The summed E-state index contributed by atoms with van der Waals surface area (Å²) in [7, 11) is 5.56. The Labute approximate surface area is 303 Å². The SMILES string of the molecule is CNC(=O)c1cc(-c2cccc(CN3O[C@@H](CNCc4ccccn4)[C@@H]([C@H](C)O)[C@H]3C(=O)N[C@H]3C[C@H]4C[C@@H]([C@@H]3C)C4(C)C)c2C)cc(N(C)C)c1. The van der Waals surface area contributed by atoms with E-state index in [0.717, 1.165) is 40.1 Å². The number of fused-ring (bicyclic) bond motifs is 2. The van der Waals surface area contributed by atoms with E-state index < -0.39 is 24.2 Å². The minimum absolute atomic E-state index is 0.0909. The molecule has 1 aliphatic heterocycles. The van der Waals surface area contributed by atoms with E-state index in [-0.39, 0.29) is 17.9 Å². The molecule has 10 heteroatoms. The van der Waals surface area contributed by atoms with Crippen molar-refractivity contribution in [3.8, 4) is 11.1 Å². The van der Waals surface area contributed by atoms with Gasteiger partial charge in [0.2, 0.25) is 5.91 Å². The number of hydrogen-bond donors (Lipinski definition) is 4. The van der Waals surface area contributed by atoms with Crippen LogP contribution in [-0.4, -0.2) is 78.9 Å². The van der Waals surface area contributed by atoms with E-state index in [0.29, 0.717) is 48.4 Å². The molecule has 1 aromatic heterocycles. The fourth-order valence-electron chi connectivity index (χ4n) is 8.98. The summed E-state index contributed by atoms with van der Waals surface area (Å²) >= 11 is 0. The number of hydrogen-bond acceptors (Lipinski definition) is 8. The Hall–Kier alpha value is -3.83. The van der Waals surface area contributed by atoms with Gasteiger partial charge in [-0.1, -0.05) is 45.0 Å². The lowest BCUT2D eigenvalue weighted by molar-refractivity contribution is -0.176. The third-order valence-corrected chi connectivity index (χ3v) is 12.3. The summed E-state index contributed by atoms with van der Waals surface area (Å²) in [4.78, 5) is 40.3. The maximum atomic E-state index is 14.5. The number of nitrogens with one attached hydrogen (secondary N) is 3. The van der Waals surface area contributed by atoms with Crippen LogP contribution in [0.25, 0.3) is 11.1 Å². The van der Waals surface area contributed by atoms with E-state index in [9.17, 15) is 14.7 Å². The van der Waals surface area contributed by atoms with Gasteiger partial charge < -0.3 is 26.0 Å². The molecule has 2 heterocycles. The number of aliphatic hydroxyl groups excluding tert-OH is 1. The smallest absolute Gasteiger partial charge is 0.251 e. The predicted octanol–water partition coefficient (Wildman–Crippen LogP) is 4.94. The molecule has 4 aliphatic rings. The third-order valence-electron chi connectivity index (χ3n) is 12.3. The molecule has 274 valence electrons. The normalized spacial score (nSPS) is 27.4. The number of nitrogens with zero attached hydrogens (tertiary/aromatic N) is 3. The van der Waals surface area contributed by atoms with Gasteiger partial charge in [0.05, 0.1) is 24.4 Å². The Morgan fingerprint density at radius 2 is 1.90 bits per heavy atom. The molecule has 3 saturated carbocycles. The summed E-state index contributed by atoms with van der Waals surface area (Å²) in [5, 5.41) is 22.7. The molecule has 8 atom stereocenters. The monoisotopic (exact) mass is 696 g/mol. The van der Waals surface area contributed by atoms with Crippen LogP contribution in [0.3, 0.4) is 0 Å². The van der Waals surface area contributed by atoms with Gasteiger partial charge in [-0.2, -0.15) is 5.06 Å². The molecule has 3 aliphatic carbocycles. The Balaban J connectivity index is 1.29. The maximum absolute atomic E-state index is 14.5. The molecular formula is C41H56N6O4. The molecule has 4 fully saturated rings. The van der Waals surface area contributed by atoms with Crippen molar-refractivity contribution in [2.45, 2.75) is 84.8 Å². The largest absolute Gasteiger partial charge is 0.393 e.